The Balaban J connectivity index is 3.63. The number of hydrogen-bond acceptors (Lipinski definition) is 3. The molecule has 1 rings (SSSR count). The van der Waals surface area contributed by atoms with E-state index in [1.165, 1.54) is 20.0 Å². The molecule has 0 bridgehead atoms. The van der Waals surface area contributed by atoms with Gasteiger partial charge in [0, 0.05) is 13.1 Å². The molecule has 0 atom stereocenters. The highest BCUT2D eigenvalue weighted by Gasteiger charge is 2.13. The lowest BCUT2D eigenvalue weighted by molar-refractivity contribution is 0.101. The first kappa shape index (κ1) is 9.51. The topological polar surface area (TPSA) is 59.3 Å². The third-order valence-electron chi connectivity index (χ3n) is 1.96. The Labute approximate surface area is 75.4 Å². The van der Waals surface area contributed by atoms with Crippen molar-refractivity contribution in [2.24, 2.45) is 7.05 Å². The highest BCUT2D eigenvalue weighted by Crippen LogP contribution is 2.17. The van der Waals surface area contributed by atoms with Gasteiger partial charge in [0.1, 0.15) is 0 Å². The summed E-state index contributed by atoms with van der Waals surface area (Å²) in [7, 11) is 1.42. The van der Waals surface area contributed by atoms with E-state index in [4.69, 9.17) is 0 Å². The maximum atomic E-state index is 11.1. The number of nitrogens with zero attached hydrogens (tertiary/aromatic N) is 1. The Morgan fingerprint density at radius 2 is 2.08 bits per heavy atom. The Morgan fingerprint density at radius 3 is 2.54 bits per heavy atom. The first-order valence-corrected chi connectivity index (χ1v) is 3.85. The highest BCUT2D eigenvalue weighted by molar-refractivity contribution is 5.97. The Hall–Kier alpha value is -1.58. The number of carbonyl (C=O) groups is 1. The van der Waals surface area contributed by atoms with Crippen LogP contribution in [0.3, 0.4) is 0 Å². The number of aromatic nitrogens is 1. The molecule has 13 heavy (non-hydrogen) atoms. The lowest BCUT2D eigenvalue weighted by Crippen LogP contribution is -2.18. The maximum Gasteiger partial charge on any atom is 0.253 e. The zero-order chi connectivity index (χ0) is 10.2. The van der Waals surface area contributed by atoms with Crippen molar-refractivity contribution in [3.05, 3.63) is 27.5 Å². The zero-order valence-corrected chi connectivity index (χ0v) is 7.79. The second kappa shape index (κ2) is 3.05. The van der Waals surface area contributed by atoms with Crippen LogP contribution in [0.25, 0.3) is 0 Å². The van der Waals surface area contributed by atoms with Crippen LogP contribution in [0.5, 0.6) is 5.88 Å². The lowest BCUT2D eigenvalue weighted by atomic mass is 10.1. The minimum atomic E-state index is -0.319. The van der Waals surface area contributed by atoms with Crippen molar-refractivity contribution in [1.82, 2.24) is 4.57 Å². The Morgan fingerprint density at radius 1 is 1.54 bits per heavy atom. The normalized spacial score (nSPS) is 10.1. The molecule has 0 aliphatic rings. The molecule has 0 aliphatic carbocycles. The van der Waals surface area contributed by atoms with E-state index in [2.05, 4.69) is 0 Å². The summed E-state index contributed by atoms with van der Waals surface area (Å²) in [5.41, 5.74) is 0.398. The van der Waals surface area contributed by atoms with Crippen LogP contribution >= 0.6 is 0 Å². The third-order valence-corrected chi connectivity index (χ3v) is 1.96. The van der Waals surface area contributed by atoms with E-state index < -0.39 is 0 Å². The molecule has 1 aromatic heterocycles. The molecule has 70 valence electrons. The second-order valence-electron chi connectivity index (χ2n) is 2.98. The fourth-order valence-corrected chi connectivity index (χ4v) is 1.24. The second-order valence-corrected chi connectivity index (χ2v) is 2.98. The summed E-state index contributed by atoms with van der Waals surface area (Å²) in [4.78, 5) is 22.2. The number of aryl methyl sites for hydroxylation is 1. The van der Waals surface area contributed by atoms with Crippen molar-refractivity contribution in [2.45, 2.75) is 13.8 Å². The first-order valence-electron chi connectivity index (χ1n) is 3.85. The van der Waals surface area contributed by atoms with Gasteiger partial charge in [0.05, 0.1) is 5.56 Å². The summed E-state index contributed by atoms with van der Waals surface area (Å²) < 4.78 is 1.05. The molecule has 0 spiro atoms. The SMILES string of the molecule is CC(=O)c1c(C)cc(=O)n(C)c1O. The van der Waals surface area contributed by atoms with Crippen molar-refractivity contribution in [2.75, 3.05) is 0 Å². The molecular formula is C9H11NO3. The van der Waals surface area contributed by atoms with E-state index in [1.807, 2.05) is 0 Å². The van der Waals surface area contributed by atoms with Gasteiger partial charge in [-0.05, 0) is 19.4 Å². The Bertz CT molecular complexity index is 418. The fraction of sp³-hybridized carbons (Fsp3) is 0.333. The predicted molar refractivity (Wildman–Crippen MR) is 48.1 cm³/mol. The number of aromatic hydroxyl groups is 1. The standard InChI is InChI=1S/C9H11NO3/c1-5-4-7(12)10(3)9(13)8(5)6(2)11/h4,13H,1-3H3. The van der Waals surface area contributed by atoms with Gasteiger partial charge in [-0.15, -0.1) is 0 Å². The largest absolute Gasteiger partial charge is 0.494 e. The molecule has 0 fully saturated rings. The summed E-state index contributed by atoms with van der Waals surface area (Å²) in [5.74, 6) is -0.511. The Kier molecular flexibility index (Phi) is 2.23. The molecule has 1 aromatic rings. The monoisotopic (exact) mass is 181 g/mol. The molecule has 1 N–H and O–H groups in total. The lowest BCUT2D eigenvalue weighted by Gasteiger charge is -2.07. The summed E-state index contributed by atoms with van der Waals surface area (Å²) >= 11 is 0. The predicted octanol–water partition coefficient (Wildman–Crippen LogP) is 0.602. The van der Waals surface area contributed by atoms with Crippen LogP contribution in [-0.4, -0.2) is 15.5 Å². The summed E-state index contributed by atoms with van der Waals surface area (Å²) in [6.45, 7) is 2.98. The van der Waals surface area contributed by atoms with Crippen molar-refractivity contribution >= 4 is 5.78 Å². The zero-order valence-electron chi connectivity index (χ0n) is 7.79. The molecule has 4 nitrogen and oxygen atoms in total. The summed E-state index contributed by atoms with van der Waals surface area (Å²) in [6, 6.07) is 1.33. The van der Waals surface area contributed by atoms with Crippen LogP contribution in [-0.2, 0) is 7.05 Å². The molecule has 0 aliphatic heterocycles. The number of Topliss-reactive ketones (excluding diaryl/α,β-unsaturated/α-hetero) is 1. The highest BCUT2D eigenvalue weighted by atomic mass is 16.3. The molecule has 0 aromatic carbocycles. The van der Waals surface area contributed by atoms with Crippen molar-refractivity contribution in [1.29, 1.82) is 0 Å². The van der Waals surface area contributed by atoms with Gasteiger partial charge >= 0.3 is 0 Å². The van der Waals surface area contributed by atoms with Crippen LogP contribution in [0, 0.1) is 6.92 Å². The quantitative estimate of drug-likeness (QED) is 0.645. The molecule has 4 heteroatoms. The van der Waals surface area contributed by atoms with E-state index >= 15 is 0 Å². The van der Waals surface area contributed by atoms with Gasteiger partial charge in [-0.3, -0.25) is 14.2 Å². The van der Waals surface area contributed by atoms with Gasteiger partial charge in [0.25, 0.3) is 5.56 Å². The van der Waals surface area contributed by atoms with Crippen LogP contribution in [0.2, 0.25) is 0 Å². The average Bonchev–Trinajstić information content (AvgIpc) is 1.99. The maximum absolute atomic E-state index is 11.1. The van der Waals surface area contributed by atoms with Gasteiger partial charge in [0.15, 0.2) is 5.78 Å². The number of pyridine rings is 1. The summed E-state index contributed by atoms with van der Waals surface area (Å²) in [6.07, 6.45) is 0. The molecule has 0 saturated carbocycles. The summed E-state index contributed by atoms with van der Waals surface area (Å²) in [5, 5.41) is 9.47. The van der Waals surface area contributed by atoms with Gasteiger partial charge in [-0.2, -0.15) is 0 Å². The van der Waals surface area contributed by atoms with Crippen molar-refractivity contribution in [3.8, 4) is 5.88 Å². The molecule has 0 saturated heterocycles. The number of hydrogen-bond donors (Lipinski definition) is 1. The van der Waals surface area contributed by atoms with Crippen LogP contribution in [0.15, 0.2) is 10.9 Å². The van der Waals surface area contributed by atoms with E-state index in [9.17, 15) is 14.7 Å². The van der Waals surface area contributed by atoms with E-state index in [1.54, 1.807) is 6.92 Å². The van der Waals surface area contributed by atoms with Crippen LogP contribution in [0.1, 0.15) is 22.8 Å². The van der Waals surface area contributed by atoms with E-state index in [0.29, 0.717) is 5.56 Å². The molecule has 1 heterocycles. The number of rotatable bonds is 1. The van der Waals surface area contributed by atoms with Gasteiger partial charge in [-0.1, -0.05) is 0 Å². The third kappa shape index (κ3) is 1.47. The van der Waals surface area contributed by atoms with Crippen molar-refractivity contribution in [3.63, 3.8) is 0 Å². The number of ketones is 1. The van der Waals surface area contributed by atoms with Gasteiger partial charge < -0.3 is 5.11 Å². The molecular weight excluding hydrogens is 170 g/mol. The smallest absolute Gasteiger partial charge is 0.253 e. The molecule has 0 radical (unpaired) electrons. The van der Waals surface area contributed by atoms with E-state index in [0.717, 1.165) is 4.57 Å². The minimum Gasteiger partial charge on any atom is -0.494 e. The average molecular weight is 181 g/mol. The molecule has 0 amide bonds. The van der Waals surface area contributed by atoms with Gasteiger partial charge in [0.2, 0.25) is 5.88 Å². The van der Waals surface area contributed by atoms with Gasteiger partial charge in [-0.25, -0.2) is 0 Å². The fourth-order valence-electron chi connectivity index (χ4n) is 1.24. The first-order chi connectivity index (χ1) is 5.95. The van der Waals surface area contributed by atoms with Crippen LogP contribution in [0.4, 0.5) is 0 Å². The van der Waals surface area contributed by atoms with E-state index in [-0.39, 0.29) is 22.8 Å². The van der Waals surface area contributed by atoms with Crippen molar-refractivity contribution < 1.29 is 9.90 Å². The number of carbonyl (C=O) groups excluding carboxylic acids is 1. The molecule has 0 unspecified atom stereocenters. The minimum absolute atomic E-state index is 0.210. The van der Waals surface area contributed by atoms with Crippen LogP contribution < -0.4 is 5.56 Å².